The summed E-state index contributed by atoms with van der Waals surface area (Å²) in [6.07, 6.45) is 0. The molecule has 3 aromatic carbocycles. The van der Waals surface area contributed by atoms with Gasteiger partial charge in [-0.1, -0.05) is 48.0 Å². The number of carbonyl (C=O) groups is 1. The van der Waals surface area contributed by atoms with Gasteiger partial charge in [0.05, 0.1) is 5.57 Å². The first kappa shape index (κ1) is 13.1. The normalized spacial score (nSPS) is 13.8. The fraction of sp³-hybridized carbons (Fsp3) is 0. The molecule has 0 aromatic heterocycles. The minimum atomic E-state index is -0.152. The third kappa shape index (κ3) is 1.85. The molecule has 0 atom stereocenters. The zero-order chi connectivity index (χ0) is 15.3. The van der Waals surface area contributed by atoms with Crippen molar-refractivity contribution in [1.82, 2.24) is 0 Å². The molecule has 1 N–H and O–H groups in total. The van der Waals surface area contributed by atoms with Gasteiger partial charge in [-0.25, -0.2) is 0 Å². The molecule has 3 heteroatoms. The van der Waals surface area contributed by atoms with Crippen molar-refractivity contribution in [2.45, 2.75) is 0 Å². The van der Waals surface area contributed by atoms with Crippen molar-refractivity contribution in [3.8, 4) is 0 Å². The zero-order valence-corrected chi connectivity index (χ0v) is 12.3. The van der Waals surface area contributed by atoms with E-state index in [1.54, 1.807) is 24.3 Å². The highest BCUT2D eigenvalue weighted by molar-refractivity contribution is 6.39. The average molecular weight is 307 g/mol. The topological polar surface area (TPSA) is 37.3 Å². The summed E-state index contributed by atoms with van der Waals surface area (Å²) in [6.45, 7) is 0. The first-order chi connectivity index (χ1) is 10.6. The van der Waals surface area contributed by atoms with Crippen molar-refractivity contribution in [3.05, 3.63) is 82.4 Å². The Bertz CT molecular complexity index is 953. The van der Waals surface area contributed by atoms with Crippen LogP contribution >= 0.6 is 11.6 Å². The molecule has 0 saturated heterocycles. The van der Waals surface area contributed by atoms with E-state index in [4.69, 9.17) is 11.6 Å². The lowest BCUT2D eigenvalue weighted by molar-refractivity contribution is 0.105. The van der Waals surface area contributed by atoms with Crippen LogP contribution in [0.15, 0.2) is 60.7 Å². The average Bonchev–Trinajstić information content (AvgIpc) is 2.78. The molecule has 2 nitrogen and oxygen atoms in total. The summed E-state index contributed by atoms with van der Waals surface area (Å²) in [5.41, 5.74) is 2.14. The second kappa shape index (κ2) is 4.72. The Morgan fingerprint density at radius 2 is 1.41 bits per heavy atom. The van der Waals surface area contributed by atoms with Gasteiger partial charge in [-0.2, -0.15) is 0 Å². The highest BCUT2D eigenvalue weighted by atomic mass is 35.5. The number of hydrogen-bond acceptors (Lipinski definition) is 2. The van der Waals surface area contributed by atoms with Crippen LogP contribution in [0.3, 0.4) is 0 Å². The summed E-state index contributed by atoms with van der Waals surface area (Å²) in [6, 6.07) is 18.4. The lowest BCUT2D eigenvalue weighted by Crippen LogP contribution is -1.98. The number of hydrogen-bond donors (Lipinski definition) is 1. The number of benzene rings is 3. The standard InChI is InChI=1S/C19H11ClO2/c20-14-7-5-11(6-8-14)17-18(21)15-9-12-3-1-2-4-13(12)10-16(15)19(17)22/h1-10,21H. The van der Waals surface area contributed by atoms with Gasteiger partial charge in [-0.3, -0.25) is 4.79 Å². The van der Waals surface area contributed by atoms with E-state index in [0.29, 0.717) is 27.3 Å². The van der Waals surface area contributed by atoms with Crippen molar-refractivity contribution >= 4 is 39.5 Å². The maximum Gasteiger partial charge on any atom is 0.198 e. The first-order valence-electron chi connectivity index (χ1n) is 6.92. The third-order valence-corrected chi connectivity index (χ3v) is 4.23. The Kier molecular flexibility index (Phi) is 2.81. The van der Waals surface area contributed by atoms with Crippen LogP contribution in [0.4, 0.5) is 0 Å². The van der Waals surface area contributed by atoms with Crippen LogP contribution in [0.2, 0.25) is 5.02 Å². The van der Waals surface area contributed by atoms with E-state index in [0.717, 1.165) is 10.8 Å². The minimum absolute atomic E-state index is 0.0353. The summed E-state index contributed by atoms with van der Waals surface area (Å²) in [7, 11) is 0. The number of fused-ring (bicyclic) bond motifs is 2. The fourth-order valence-corrected chi connectivity index (χ4v) is 3.01. The summed E-state index contributed by atoms with van der Waals surface area (Å²) in [5, 5.41) is 13.1. The summed E-state index contributed by atoms with van der Waals surface area (Å²) < 4.78 is 0. The highest BCUT2D eigenvalue weighted by Crippen LogP contribution is 2.38. The maximum absolute atomic E-state index is 12.7. The smallest absolute Gasteiger partial charge is 0.198 e. The van der Waals surface area contributed by atoms with Crippen molar-refractivity contribution in [2.24, 2.45) is 0 Å². The second-order valence-electron chi connectivity index (χ2n) is 5.30. The van der Waals surface area contributed by atoms with Gasteiger partial charge >= 0.3 is 0 Å². The van der Waals surface area contributed by atoms with Crippen molar-refractivity contribution in [2.75, 3.05) is 0 Å². The largest absolute Gasteiger partial charge is 0.507 e. The lowest BCUT2D eigenvalue weighted by atomic mass is 10.00. The van der Waals surface area contributed by atoms with E-state index in [1.807, 2.05) is 36.4 Å². The Morgan fingerprint density at radius 3 is 2.05 bits per heavy atom. The van der Waals surface area contributed by atoms with Gasteiger partial charge < -0.3 is 5.11 Å². The number of Topliss-reactive ketones (excluding diaryl/α,β-unsaturated/α-hetero) is 1. The van der Waals surface area contributed by atoms with Gasteiger partial charge in [-0.15, -0.1) is 0 Å². The van der Waals surface area contributed by atoms with Crippen molar-refractivity contribution in [3.63, 3.8) is 0 Å². The number of carbonyl (C=O) groups excluding carboxylic acids is 1. The van der Waals surface area contributed by atoms with Crippen LogP contribution in [-0.2, 0) is 0 Å². The van der Waals surface area contributed by atoms with E-state index in [1.165, 1.54) is 0 Å². The molecular weight excluding hydrogens is 296 g/mol. The number of allylic oxidation sites excluding steroid dienone is 1. The van der Waals surface area contributed by atoms with Crippen LogP contribution in [0.5, 0.6) is 0 Å². The molecule has 1 aliphatic rings. The molecule has 0 amide bonds. The SMILES string of the molecule is O=C1C(c2ccc(Cl)cc2)=C(O)c2cc3ccccc3cc21. The van der Waals surface area contributed by atoms with Crippen molar-refractivity contribution in [1.29, 1.82) is 0 Å². The van der Waals surface area contributed by atoms with E-state index in [9.17, 15) is 9.90 Å². The van der Waals surface area contributed by atoms with Crippen LogP contribution < -0.4 is 0 Å². The molecule has 0 fully saturated rings. The minimum Gasteiger partial charge on any atom is -0.507 e. The maximum atomic E-state index is 12.7. The summed E-state index contributed by atoms with van der Waals surface area (Å²) in [4.78, 5) is 12.7. The van der Waals surface area contributed by atoms with E-state index >= 15 is 0 Å². The lowest BCUT2D eigenvalue weighted by Gasteiger charge is -2.02. The number of rotatable bonds is 1. The summed E-state index contributed by atoms with van der Waals surface area (Å²) in [5.74, 6) is -0.117. The number of ketones is 1. The van der Waals surface area contributed by atoms with E-state index in [2.05, 4.69) is 0 Å². The van der Waals surface area contributed by atoms with Crippen LogP contribution in [-0.4, -0.2) is 10.9 Å². The molecule has 1 aliphatic carbocycles. The van der Waals surface area contributed by atoms with E-state index < -0.39 is 0 Å². The molecule has 4 rings (SSSR count). The molecular formula is C19H11ClO2. The molecule has 0 unspecified atom stereocenters. The van der Waals surface area contributed by atoms with Gasteiger partial charge in [0.1, 0.15) is 5.76 Å². The van der Waals surface area contributed by atoms with Crippen LogP contribution in [0, 0.1) is 0 Å². The van der Waals surface area contributed by atoms with Crippen LogP contribution in [0.25, 0.3) is 22.1 Å². The quantitative estimate of drug-likeness (QED) is 0.678. The van der Waals surface area contributed by atoms with Gasteiger partial charge in [0.15, 0.2) is 5.78 Å². The second-order valence-corrected chi connectivity index (χ2v) is 5.74. The molecule has 0 aliphatic heterocycles. The van der Waals surface area contributed by atoms with Crippen LogP contribution in [0.1, 0.15) is 21.5 Å². The number of halogens is 1. The molecule has 0 heterocycles. The molecule has 3 aromatic rings. The molecule has 0 saturated carbocycles. The Hall–Kier alpha value is -2.58. The predicted octanol–water partition coefficient (Wildman–Crippen LogP) is 5.12. The third-order valence-electron chi connectivity index (χ3n) is 3.98. The first-order valence-corrected chi connectivity index (χ1v) is 7.30. The van der Waals surface area contributed by atoms with E-state index in [-0.39, 0.29) is 11.5 Å². The zero-order valence-electron chi connectivity index (χ0n) is 11.5. The number of aliphatic hydroxyl groups excluding tert-OH is 1. The molecule has 106 valence electrons. The molecule has 22 heavy (non-hydrogen) atoms. The van der Waals surface area contributed by atoms with Gasteiger partial charge in [-0.05, 0) is 40.6 Å². The fourth-order valence-electron chi connectivity index (χ4n) is 2.89. The van der Waals surface area contributed by atoms with Gasteiger partial charge in [0.2, 0.25) is 0 Å². The monoisotopic (exact) mass is 306 g/mol. The Labute approximate surface area is 132 Å². The Morgan fingerprint density at radius 1 is 0.818 bits per heavy atom. The number of aliphatic hydroxyl groups is 1. The van der Waals surface area contributed by atoms with Gasteiger partial charge in [0.25, 0.3) is 0 Å². The molecule has 0 radical (unpaired) electrons. The highest BCUT2D eigenvalue weighted by Gasteiger charge is 2.30. The predicted molar refractivity (Wildman–Crippen MR) is 89.2 cm³/mol. The Balaban J connectivity index is 1.94. The van der Waals surface area contributed by atoms with Gasteiger partial charge in [0, 0.05) is 16.1 Å². The van der Waals surface area contributed by atoms with Crippen molar-refractivity contribution < 1.29 is 9.90 Å². The summed E-state index contributed by atoms with van der Waals surface area (Å²) >= 11 is 5.89. The molecule has 0 bridgehead atoms. The molecule has 0 spiro atoms.